The number of methoxy groups -OCH3 is 1. The quantitative estimate of drug-likeness (QED) is 0.901. The van der Waals surface area contributed by atoms with E-state index in [1.807, 2.05) is 6.92 Å². The number of nitrogens with zero attached hydrogens (tertiary/aromatic N) is 3. The molecule has 0 aliphatic heterocycles. The molecule has 0 radical (unpaired) electrons. The summed E-state index contributed by atoms with van der Waals surface area (Å²) in [7, 11) is 1.69. The van der Waals surface area contributed by atoms with Crippen molar-refractivity contribution in [2.24, 2.45) is 0 Å². The Morgan fingerprint density at radius 2 is 2.18 bits per heavy atom. The van der Waals surface area contributed by atoms with Gasteiger partial charge in [0.2, 0.25) is 5.13 Å². The van der Waals surface area contributed by atoms with Crippen LogP contribution in [0.4, 0.5) is 5.13 Å². The van der Waals surface area contributed by atoms with Gasteiger partial charge in [0.05, 0.1) is 7.11 Å². The SMILES string of the molecule is COc1c(C)cc(C)cc1CNc1nnns1. The van der Waals surface area contributed by atoms with Crippen LogP contribution in [-0.2, 0) is 6.54 Å². The first-order chi connectivity index (χ1) is 8.20. The van der Waals surface area contributed by atoms with Gasteiger partial charge in [-0.3, -0.25) is 0 Å². The Bertz CT molecular complexity index is 498. The smallest absolute Gasteiger partial charge is 0.225 e. The fourth-order valence-electron chi connectivity index (χ4n) is 1.84. The van der Waals surface area contributed by atoms with Crippen LogP contribution in [0.1, 0.15) is 16.7 Å². The van der Waals surface area contributed by atoms with Crippen LogP contribution >= 0.6 is 11.5 Å². The predicted molar refractivity (Wildman–Crippen MR) is 67.5 cm³/mol. The number of hydrogen-bond donors (Lipinski definition) is 1. The fraction of sp³-hybridized carbons (Fsp3) is 0.364. The van der Waals surface area contributed by atoms with E-state index in [4.69, 9.17) is 4.74 Å². The Labute approximate surface area is 104 Å². The number of ether oxygens (including phenoxy) is 1. The normalized spacial score (nSPS) is 10.3. The lowest BCUT2D eigenvalue weighted by atomic mass is 10.1. The van der Waals surface area contributed by atoms with E-state index in [-0.39, 0.29) is 0 Å². The molecule has 0 amide bonds. The standard InChI is InChI=1S/C11H14N4OS/c1-7-4-8(2)10(16-3)9(5-7)6-12-11-13-14-15-17-11/h4-5H,6H2,1-3H3,(H,12,13,15). The van der Waals surface area contributed by atoms with Crippen molar-refractivity contribution in [2.45, 2.75) is 20.4 Å². The van der Waals surface area contributed by atoms with E-state index in [1.54, 1.807) is 7.11 Å². The van der Waals surface area contributed by atoms with Crippen molar-refractivity contribution >= 4 is 16.7 Å². The molecule has 1 N–H and O–H groups in total. The van der Waals surface area contributed by atoms with E-state index in [0.29, 0.717) is 11.7 Å². The van der Waals surface area contributed by atoms with E-state index in [0.717, 1.165) is 16.9 Å². The maximum Gasteiger partial charge on any atom is 0.225 e. The van der Waals surface area contributed by atoms with Crippen LogP contribution in [0.15, 0.2) is 12.1 Å². The minimum absolute atomic E-state index is 0.655. The summed E-state index contributed by atoms with van der Waals surface area (Å²) in [5.41, 5.74) is 3.47. The first-order valence-electron chi connectivity index (χ1n) is 5.23. The minimum atomic E-state index is 0.655. The Balaban J connectivity index is 2.19. The summed E-state index contributed by atoms with van der Waals surface area (Å²) in [6.07, 6.45) is 0. The second-order valence-electron chi connectivity index (χ2n) is 3.80. The summed E-state index contributed by atoms with van der Waals surface area (Å²) in [6.45, 7) is 4.77. The third kappa shape index (κ3) is 2.71. The lowest BCUT2D eigenvalue weighted by molar-refractivity contribution is 0.407. The first kappa shape index (κ1) is 11.8. The van der Waals surface area contributed by atoms with Gasteiger partial charge in [-0.2, -0.15) is 0 Å². The molecule has 1 aromatic carbocycles. The summed E-state index contributed by atoms with van der Waals surface area (Å²) < 4.78 is 9.11. The summed E-state index contributed by atoms with van der Waals surface area (Å²) in [6, 6.07) is 4.21. The molecule has 6 heteroatoms. The summed E-state index contributed by atoms with van der Waals surface area (Å²) in [4.78, 5) is 0. The zero-order valence-corrected chi connectivity index (χ0v) is 10.8. The van der Waals surface area contributed by atoms with E-state index >= 15 is 0 Å². The number of rotatable bonds is 4. The average molecular weight is 250 g/mol. The molecule has 0 saturated carbocycles. The van der Waals surface area contributed by atoms with E-state index in [2.05, 4.69) is 39.2 Å². The van der Waals surface area contributed by atoms with E-state index in [9.17, 15) is 0 Å². The second kappa shape index (κ2) is 5.09. The lowest BCUT2D eigenvalue weighted by Crippen LogP contribution is -2.03. The van der Waals surface area contributed by atoms with Gasteiger partial charge in [-0.1, -0.05) is 27.3 Å². The maximum atomic E-state index is 5.41. The van der Waals surface area contributed by atoms with Crippen LogP contribution in [0.5, 0.6) is 5.75 Å². The second-order valence-corrected chi connectivity index (χ2v) is 4.53. The molecule has 0 saturated heterocycles. The van der Waals surface area contributed by atoms with Gasteiger partial charge in [-0.05, 0) is 24.6 Å². The first-order valence-corrected chi connectivity index (χ1v) is 6.01. The summed E-state index contributed by atoms with van der Waals surface area (Å²) in [5, 5.41) is 11.3. The lowest BCUT2D eigenvalue weighted by Gasteiger charge is -2.12. The van der Waals surface area contributed by atoms with E-state index in [1.165, 1.54) is 17.1 Å². The molecule has 0 spiro atoms. The molecular formula is C11H14N4OS. The van der Waals surface area contributed by atoms with Gasteiger partial charge in [-0.25, -0.2) is 0 Å². The Morgan fingerprint density at radius 1 is 1.35 bits per heavy atom. The minimum Gasteiger partial charge on any atom is -0.496 e. The number of benzene rings is 1. The predicted octanol–water partition coefficient (Wildman–Crippen LogP) is 2.17. The Kier molecular flexibility index (Phi) is 3.53. The van der Waals surface area contributed by atoms with Crippen molar-refractivity contribution < 1.29 is 4.74 Å². The van der Waals surface area contributed by atoms with Crippen LogP contribution < -0.4 is 10.1 Å². The Morgan fingerprint density at radius 3 is 2.82 bits per heavy atom. The van der Waals surface area contributed by atoms with Gasteiger partial charge in [0, 0.05) is 23.6 Å². The zero-order chi connectivity index (χ0) is 12.3. The number of anilines is 1. The van der Waals surface area contributed by atoms with Crippen LogP contribution in [-0.4, -0.2) is 21.9 Å². The molecule has 2 rings (SSSR count). The molecule has 0 aliphatic carbocycles. The molecule has 0 atom stereocenters. The van der Waals surface area contributed by atoms with Crippen molar-refractivity contribution in [1.82, 2.24) is 14.8 Å². The number of hydrogen-bond acceptors (Lipinski definition) is 6. The van der Waals surface area contributed by atoms with Crippen molar-refractivity contribution in [3.63, 3.8) is 0 Å². The number of aromatic nitrogens is 3. The molecule has 1 heterocycles. The largest absolute Gasteiger partial charge is 0.496 e. The van der Waals surface area contributed by atoms with Gasteiger partial charge in [-0.15, -0.1) is 0 Å². The highest BCUT2D eigenvalue weighted by Crippen LogP contribution is 2.25. The zero-order valence-electron chi connectivity index (χ0n) is 10.0. The van der Waals surface area contributed by atoms with Gasteiger partial charge < -0.3 is 10.1 Å². The fourth-order valence-corrected chi connectivity index (χ4v) is 2.20. The molecule has 5 nitrogen and oxygen atoms in total. The molecule has 17 heavy (non-hydrogen) atoms. The Hall–Kier alpha value is -1.69. The molecule has 0 aliphatic rings. The van der Waals surface area contributed by atoms with E-state index < -0.39 is 0 Å². The molecular weight excluding hydrogens is 236 g/mol. The van der Waals surface area contributed by atoms with Crippen LogP contribution in [0, 0.1) is 13.8 Å². The summed E-state index contributed by atoms with van der Waals surface area (Å²) >= 11 is 1.24. The van der Waals surface area contributed by atoms with Gasteiger partial charge in [0.25, 0.3) is 0 Å². The van der Waals surface area contributed by atoms with Gasteiger partial charge >= 0.3 is 0 Å². The van der Waals surface area contributed by atoms with Crippen molar-refractivity contribution in [3.8, 4) is 5.75 Å². The van der Waals surface area contributed by atoms with Crippen molar-refractivity contribution in [3.05, 3.63) is 28.8 Å². The molecule has 0 unspecified atom stereocenters. The van der Waals surface area contributed by atoms with Crippen molar-refractivity contribution in [1.29, 1.82) is 0 Å². The maximum absolute atomic E-state index is 5.41. The third-order valence-corrected chi connectivity index (χ3v) is 2.98. The monoisotopic (exact) mass is 250 g/mol. The summed E-state index contributed by atoms with van der Waals surface area (Å²) in [5.74, 6) is 0.917. The molecule has 90 valence electrons. The number of nitrogens with one attached hydrogen (secondary N) is 1. The van der Waals surface area contributed by atoms with Crippen LogP contribution in [0.3, 0.4) is 0 Å². The van der Waals surface area contributed by atoms with Gasteiger partial charge in [0.1, 0.15) is 5.75 Å². The molecule has 0 bridgehead atoms. The van der Waals surface area contributed by atoms with Gasteiger partial charge in [0.15, 0.2) is 0 Å². The molecule has 0 fully saturated rings. The van der Waals surface area contributed by atoms with Crippen LogP contribution in [0.2, 0.25) is 0 Å². The molecule has 1 aromatic heterocycles. The highest BCUT2D eigenvalue weighted by atomic mass is 32.1. The topological polar surface area (TPSA) is 59.9 Å². The van der Waals surface area contributed by atoms with Crippen LogP contribution in [0.25, 0.3) is 0 Å². The highest BCUT2D eigenvalue weighted by molar-refractivity contribution is 7.09. The molecule has 2 aromatic rings. The highest BCUT2D eigenvalue weighted by Gasteiger charge is 2.08. The average Bonchev–Trinajstić information content (AvgIpc) is 2.78. The third-order valence-electron chi connectivity index (χ3n) is 2.43. The van der Waals surface area contributed by atoms with Crippen molar-refractivity contribution in [2.75, 3.05) is 12.4 Å². The number of aryl methyl sites for hydroxylation is 2.